The van der Waals surface area contributed by atoms with Gasteiger partial charge in [0.1, 0.15) is 5.70 Å². The van der Waals surface area contributed by atoms with Crippen molar-refractivity contribution in [3.05, 3.63) is 22.5 Å². The van der Waals surface area contributed by atoms with Crippen LogP contribution < -0.4 is 10.2 Å². The van der Waals surface area contributed by atoms with E-state index in [4.69, 9.17) is 0 Å². The first-order valence-corrected chi connectivity index (χ1v) is 5.88. The summed E-state index contributed by atoms with van der Waals surface area (Å²) in [6, 6.07) is 0.00207. The van der Waals surface area contributed by atoms with Crippen molar-refractivity contribution in [2.45, 2.75) is 32.5 Å². The van der Waals surface area contributed by atoms with Crippen molar-refractivity contribution < 1.29 is 28.3 Å². The zero-order valence-corrected chi connectivity index (χ0v) is 11.0. The Hall–Kier alpha value is -1.18. The molecule has 0 radical (unpaired) electrons. The van der Waals surface area contributed by atoms with Gasteiger partial charge in [0.15, 0.2) is 5.70 Å². The molecule has 2 aliphatic heterocycles. The Morgan fingerprint density at radius 2 is 2.00 bits per heavy atom. The third-order valence-electron chi connectivity index (χ3n) is 3.67. The molecule has 0 aromatic heterocycles. The lowest BCUT2D eigenvalue weighted by molar-refractivity contribution is -0.791. The number of hydrogen-bond donors (Lipinski definition) is 2. The number of quaternary nitrogens is 1. The minimum Gasteiger partial charge on any atom is -0.870 e. The van der Waals surface area contributed by atoms with E-state index < -0.39 is 12.0 Å². The molecule has 0 saturated heterocycles. The van der Waals surface area contributed by atoms with Gasteiger partial charge >= 0.3 is 12.0 Å². The summed E-state index contributed by atoms with van der Waals surface area (Å²) in [4.78, 5) is 12.0. The number of Topliss-reactive ketones (excluding diaryl/α,β-unsaturated/α-hetero) is 1. The summed E-state index contributed by atoms with van der Waals surface area (Å²) in [6.45, 7) is 4.25. The first-order valence-electron chi connectivity index (χ1n) is 5.88. The first-order chi connectivity index (χ1) is 8.25. The van der Waals surface area contributed by atoms with Gasteiger partial charge in [-0.3, -0.25) is 9.69 Å². The molecule has 7 heteroatoms. The maximum absolute atomic E-state index is 12.6. The Balaban J connectivity index is 0.00000180. The van der Waals surface area contributed by atoms with Crippen LogP contribution in [0, 0.1) is 0 Å². The fourth-order valence-electron chi connectivity index (χ4n) is 2.90. The smallest absolute Gasteiger partial charge is 0.460 e. The van der Waals surface area contributed by atoms with E-state index in [1.807, 2.05) is 6.92 Å². The molecule has 0 aliphatic carbocycles. The fraction of sp³-hybridized carbons (Fsp3) is 0.583. The second-order valence-corrected chi connectivity index (χ2v) is 4.77. The minimum atomic E-state index is -4.80. The van der Waals surface area contributed by atoms with Crippen LogP contribution in [-0.4, -0.2) is 37.1 Å². The van der Waals surface area contributed by atoms with E-state index in [0.717, 1.165) is 17.8 Å². The average molecular weight is 278 g/mol. The molecule has 2 rings (SSSR count). The SMILES string of the molecule is CC1=C(C(=O)C(F)(F)F)[NH+](C)C2=C1C(C)NCC2.[OH-]. The number of allylic oxidation sites excluding steroid dienone is 1. The van der Waals surface area contributed by atoms with Crippen molar-refractivity contribution in [1.82, 2.24) is 5.32 Å². The molecule has 0 spiro atoms. The lowest BCUT2D eigenvalue weighted by Crippen LogP contribution is -3.05. The molecule has 0 aromatic rings. The Kier molecular flexibility index (Phi) is 4.23. The molecule has 2 unspecified atom stereocenters. The first kappa shape index (κ1) is 15.9. The molecular formula is C12H17F3N2O2. The standard InChI is InChI=1S/C12H15F3N2O.H2O/c1-6-9-7(2)16-5-4-8(9)17(3)10(6)11(18)12(13,14)15;/h7,16H,4-5H2,1-3H3;1H2. The Labute approximate surface area is 109 Å². The van der Waals surface area contributed by atoms with E-state index in [0.29, 0.717) is 16.9 Å². The van der Waals surface area contributed by atoms with E-state index in [1.54, 1.807) is 14.0 Å². The summed E-state index contributed by atoms with van der Waals surface area (Å²) >= 11 is 0. The van der Waals surface area contributed by atoms with Gasteiger partial charge < -0.3 is 10.8 Å². The Morgan fingerprint density at radius 3 is 2.47 bits per heavy atom. The molecule has 2 atom stereocenters. The highest BCUT2D eigenvalue weighted by Crippen LogP contribution is 2.30. The van der Waals surface area contributed by atoms with Gasteiger partial charge in [0.25, 0.3) is 0 Å². The van der Waals surface area contributed by atoms with Gasteiger partial charge in [-0.1, -0.05) is 0 Å². The Bertz CT molecular complexity index is 466. The van der Waals surface area contributed by atoms with Crippen LogP contribution in [0.15, 0.2) is 22.5 Å². The van der Waals surface area contributed by atoms with Crippen LogP contribution in [0.1, 0.15) is 20.3 Å². The molecule has 2 aliphatic rings. The normalized spacial score (nSPS) is 27.3. The predicted molar refractivity (Wildman–Crippen MR) is 61.7 cm³/mol. The van der Waals surface area contributed by atoms with Crippen LogP contribution in [0.3, 0.4) is 0 Å². The molecule has 19 heavy (non-hydrogen) atoms. The van der Waals surface area contributed by atoms with Gasteiger partial charge in [0.2, 0.25) is 0 Å². The molecule has 0 amide bonds. The summed E-state index contributed by atoms with van der Waals surface area (Å²) in [7, 11) is 1.61. The average Bonchev–Trinajstić information content (AvgIpc) is 2.51. The van der Waals surface area contributed by atoms with Crippen LogP contribution >= 0.6 is 0 Å². The van der Waals surface area contributed by atoms with Crippen LogP contribution in [0.25, 0.3) is 0 Å². The topological polar surface area (TPSA) is 63.5 Å². The van der Waals surface area contributed by atoms with E-state index in [2.05, 4.69) is 5.32 Å². The molecule has 3 N–H and O–H groups in total. The highest BCUT2D eigenvalue weighted by Gasteiger charge is 2.50. The second kappa shape index (κ2) is 5.07. The number of nitrogens with one attached hydrogen (secondary N) is 2. The lowest BCUT2D eigenvalue weighted by atomic mass is 9.95. The zero-order valence-electron chi connectivity index (χ0n) is 11.0. The number of hydrogen-bond acceptors (Lipinski definition) is 3. The number of alkyl halides is 3. The van der Waals surface area contributed by atoms with Crippen molar-refractivity contribution >= 4 is 5.78 Å². The van der Waals surface area contributed by atoms with Crippen molar-refractivity contribution in [3.8, 4) is 0 Å². The van der Waals surface area contributed by atoms with E-state index in [-0.39, 0.29) is 17.2 Å². The highest BCUT2D eigenvalue weighted by atomic mass is 19.4. The monoisotopic (exact) mass is 278 g/mol. The Morgan fingerprint density at radius 1 is 1.42 bits per heavy atom. The van der Waals surface area contributed by atoms with Crippen LogP contribution in [0.5, 0.6) is 0 Å². The highest BCUT2D eigenvalue weighted by molar-refractivity contribution is 5.99. The van der Waals surface area contributed by atoms with E-state index in [1.165, 1.54) is 0 Å². The summed E-state index contributed by atoms with van der Waals surface area (Å²) in [5, 5.41) is 3.20. The number of carbonyl (C=O) groups is 1. The maximum atomic E-state index is 12.6. The van der Waals surface area contributed by atoms with Crippen molar-refractivity contribution in [2.24, 2.45) is 0 Å². The number of halogens is 3. The van der Waals surface area contributed by atoms with Crippen molar-refractivity contribution in [2.75, 3.05) is 13.6 Å². The predicted octanol–water partition coefficient (Wildman–Crippen LogP) is 0.379. The van der Waals surface area contributed by atoms with Crippen molar-refractivity contribution in [3.63, 3.8) is 0 Å². The van der Waals surface area contributed by atoms with Crippen molar-refractivity contribution in [1.29, 1.82) is 0 Å². The van der Waals surface area contributed by atoms with Gasteiger partial charge in [0.05, 0.1) is 7.05 Å². The van der Waals surface area contributed by atoms with Gasteiger partial charge in [-0.2, -0.15) is 13.2 Å². The number of carbonyl (C=O) groups excluding carboxylic acids is 1. The van der Waals surface area contributed by atoms with Crippen LogP contribution in [0.4, 0.5) is 13.2 Å². The second-order valence-electron chi connectivity index (χ2n) is 4.77. The minimum absolute atomic E-state index is 0. The quantitative estimate of drug-likeness (QED) is 0.729. The summed E-state index contributed by atoms with van der Waals surface area (Å²) in [5.41, 5.74) is 2.10. The van der Waals surface area contributed by atoms with Gasteiger partial charge in [-0.15, -0.1) is 0 Å². The fourth-order valence-corrected chi connectivity index (χ4v) is 2.90. The largest absolute Gasteiger partial charge is 0.870 e. The summed E-state index contributed by atoms with van der Waals surface area (Å²) < 4.78 is 37.8. The van der Waals surface area contributed by atoms with Gasteiger partial charge in [0, 0.05) is 30.2 Å². The third kappa shape index (κ3) is 2.45. The third-order valence-corrected chi connectivity index (χ3v) is 3.67. The number of rotatable bonds is 1. The zero-order chi connectivity index (χ0) is 13.7. The van der Waals surface area contributed by atoms with Crippen LogP contribution in [0.2, 0.25) is 0 Å². The van der Waals surface area contributed by atoms with Crippen LogP contribution in [-0.2, 0) is 4.79 Å². The van der Waals surface area contributed by atoms with E-state index in [9.17, 15) is 18.0 Å². The molecular weight excluding hydrogens is 261 g/mol. The van der Waals surface area contributed by atoms with Gasteiger partial charge in [-0.25, -0.2) is 0 Å². The molecule has 0 fully saturated rings. The molecule has 0 bridgehead atoms. The van der Waals surface area contributed by atoms with Gasteiger partial charge in [-0.05, 0) is 13.8 Å². The molecule has 0 aromatic carbocycles. The lowest BCUT2D eigenvalue weighted by Gasteiger charge is -2.23. The van der Waals surface area contributed by atoms with E-state index >= 15 is 0 Å². The number of likely N-dealkylation sites (N-methyl/N-ethyl adjacent to an activating group) is 1. The summed E-state index contributed by atoms with van der Waals surface area (Å²) in [5.74, 6) is -1.72. The molecule has 108 valence electrons. The molecule has 4 nitrogen and oxygen atoms in total. The molecule has 0 saturated carbocycles. The maximum Gasteiger partial charge on any atom is 0.460 e. The number of ketones is 1. The molecule has 2 heterocycles. The summed E-state index contributed by atoms with van der Waals surface area (Å²) in [6.07, 6.45) is -4.12.